The first-order chi connectivity index (χ1) is 15.2. The molecule has 0 aliphatic carbocycles. The van der Waals surface area contributed by atoms with Crippen LogP contribution in [0.1, 0.15) is 39.7 Å². The molecule has 2 fully saturated rings. The van der Waals surface area contributed by atoms with E-state index in [2.05, 4.69) is 79.0 Å². The lowest BCUT2D eigenvalue weighted by molar-refractivity contribution is 0.00578. The van der Waals surface area contributed by atoms with Gasteiger partial charge in [-0.3, -0.25) is 4.99 Å². The van der Waals surface area contributed by atoms with Crippen molar-refractivity contribution in [2.24, 2.45) is 15.7 Å². The van der Waals surface area contributed by atoms with Gasteiger partial charge in [0.2, 0.25) is 0 Å². The Kier molecular flexibility index (Phi) is 6.51. The fourth-order valence-corrected chi connectivity index (χ4v) is 3.69. The Bertz CT molecular complexity index is 964. The largest absolute Gasteiger partial charge is 0.494 e. The molecule has 2 aromatic rings. The number of nitrogens with zero attached hydrogens (tertiary/aromatic N) is 3. The third kappa shape index (κ3) is 4.95. The smallest absolute Gasteiger partial charge is 0.399 e. The fourth-order valence-electron chi connectivity index (χ4n) is 3.69. The van der Waals surface area contributed by atoms with Gasteiger partial charge in [-0.05, 0) is 63.8 Å². The molecule has 6 nitrogen and oxygen atoms in total. The van der Waals surface area contributed by atoms with Gasteiger partial charge in [-0.2, -0.15) is 0 Å². The zero-order chi connectivity index (χ0) is 22.8. The van der Waals surface area contributed by atoms with Gasteiger partial charge in [0.25, 0.3) is 0 Å². The third-order valence-corrected chi connectivity index (χ3v) is 6.72. The number of hydrogen-bond donors (Lipinski definition) is 1. The molecule has 2 aromatic carbocycles. The van der Waals surface area contributed by atoms with Crippen molar-refractivity contribution in [1.82, 2.24) is 4.90 Å². The molecule has 32 heavy (non-hydrogen) atoms. The number of amidine groups is 1. The van der Waals surface area contributed by atoms with Crippen LogP contribution in [0.25, 0.3) is 11.1 Å². The molecule has 0 aromatic heterocycles. The number of nitrogens with two attached hydrogens (primary N) is 1. The Morgan fingerprint density at radius 2 is 1.53 bits per heavy atom. The number of benzene rings is 2. The molecule has 0 spiro atoms. The van der Waals surface area contributed by atoms with Gasteiger partial charge < -0.3 is 19.9 Å². The van der Waals surface area contributed by atoms with Crippen LogP contribution in [0.3, 0.4) is 0 Å². The van der Waals surface area contributed by atoms with E-state index in [-0.39, 0.29) is 18.3 Å². The molecular weight excluding hydrogens is 399 g/mol. The average Bonchev–Trinajstić information content (AvgIpc) is 2.96. The predicted octanol–water partition coefficient (Wildman–Crippen LogP) is 3.09. The van der Waals surface area contributed by atoms with Crippen molar-refractivity contribution in [3.63, 3.8) is 0 Å². The number of likely N-dealkylation sites (tertiary alicyclic amines) is 1. The van der Waals surface area contributed by atoms with Crippen LogP contribution >= 0.6 is 0 Å². The minimum Gasteiger partial charge on any atom is -0.399 e. The highest BCUT2D eigenvalue weighted by Crippen LogP contribution is 2.36. The highest BCUT2D eigenvalue weighted by atomic mass is 16.7. The van der Waals surface area contributed by atoms with Gasteiger partial charge in [0.1, 0.15) is 12.2 Å². The summed E-state index contributed by atoms with van der Waals surface area (Å²) in [6.45, 7) is 12.4. The molecule has 0 radical (unpaired) electrons. The van der Waals surface area contributed by atoms with Crippen LogP contribution in [0.2, 0.25) is 0 Å². The summed E-state index contributed by atoms with van der Waals surface area (Å²) >= 11 is 0. The summed E-state index contributed by atoms with van der Waals surface area (Å²) in [4.78, 5) is 11.0. The molecule has 168 valence electrons. The van der Waals surface area contributed by atoms with Gasteiger partial charge in [-0.25, -0.2) is 4.99 Å². The second-order valence-corrected chi connectivity index (χ2v) is 9.52. The maximum atomic E-state index is 6.14. The number of rotatable bonds is 7. The quantitative estimate of drug-likeness (QED) is 0.415. The molecule has 2 saturated heterocycles. The highest BCUT2D eigenvalue weighted by molar-refractivity contribution is 6.62. The van der Waals surface area contributed by atoms with E-state index in [1.54, 1.807) is 6.34 Å². The van der Waals surface area contributed by atoms with Crippen LogP contribution < -0.4 is 11.2 Å². The molecule has 7 heteroatoms. The van der Waals surface area contributed by atoms with Crippen molar-refractivity contribution < 1.29 is 9.31 Å². The lowest BCUT2D eigenvalue weighted by Crippen LogP contribution is -2.41. The summed E-state index contributed by atoms with van der Waals surface area (Å²) in [7, 11) is -0.347. The molecule has 2 aliphatic heterocycles. The normalized spacial score (nSPS) is 20.6. The summed E-state index contributed by atoms with van der Waals surface area (Å²) in [5, 5.41) is 0. The summed E-state index contributed by atoms with van der Waals surface area (Å²) < 4.78 is 12.3. The van der Waals surface area contributed by atoms with Crippen LogP contribution in [0.5, 0.6) is 0 Å². The molecule has 2 aliphatic rings. The Labute approximate surface area is 191 Å². The van der Waals surface area contributed by atoms with E-state index in [9.17, 15) is 0 Å². The maximum absolute atomic E-state index is 6.14. The first-order valence-corrected chi connectivity index (χ1v) is 11.4. The zero-order valence-corrected chi connectivity index (χ0v) is 19.5. The Hall–Kier alpha value is -2.48. The summed E-state index contributed by atoms with van der Waals surface area (Å²) in [6, 6.07) is 16.4. The van der Waals surface area contributed by atoms with Crippen molar-refractivity contribution in [1.29, 1.82) is 0 Å². The van der Waals surface area contributed by atoms with E-state index in [0.717, 1.165) is 35.2 Å². The standard InChI is InChI=1S/C25H33BN4O2/c1-24(2)25(3,4)32-26(31-24)22-12-10-20(11-13-22)19-6-8-21(9-7-19)23(27)29-18-28-14-17-30-15-5-16-30/h6-13,18H,5,14-17H2,1-4H3,(H2,27,28,29). The van der Waals surface area contributed by atoms with Gasteiger partial charge >= 0.3 is 7.12 Å². The first kappa shape index (κ1) is 22.7. The predicted molar refractivity (Wildman–Crippen MR) is 133 cm³/mol. The fraction of sp³-hybridized carbons (Fsp3) is 0.440. The Morgan fingerprint density at radius 3 is 2.06 bits per heavy atom. The lowest BCUT2D eigenvalue weighted by Gasteiger charge is -2.32. The maximum Gasteiger partial charge on any atom is 0.494 e. The second kappa shape index (κ2) is 9.18. The third-order valence-electron chi connectivity index (χ3n) is 6.72. The highest BCUT2D eigenvalue weighted by Gasteiger charge is 2.51. The van der Waals surface area contributed by atoms with Crippen molar-refractivity contribution in [3.05, 3.63) is 54.1 Å². The van der Waals surface area contributed by atoms with Crippen molar-refractivity contribution in [2.75, 3.05) is 26.2 Å². The summed E-state index contributed by atoms with van der Waals surface area (Å²) in [6.07, 6.45) is 2.87. The molecule has 0 bridgehead atoms. The molecule has 4 rings (SSSR count). The Morgan fingerprint density at radius 1 is 0.969 bits per heavy atom. The molecule has 0 atom stereocenters. The van der Waals surface area contributed by atoms with E-state index >= 15 is 0 Å². The molecule has 2 heterocycles. The van der Waals surface area contributed by atoms with Gasteiger partial charge in [0, 0.05) is 12.1 Å². The molecule has 0 saturated carbocycles. The van der Waals surface area contributed by atoms with Crippen LogP contribution in [-0.4, -0.2) is 61.6 Å². The lowest BCUT2D eigenvalue weighted by atomic mass is 9.78. The molecular formula is C25H33BN4O2. The first-order valence-electron chi connectivity index (χ1n) is 11.4. The van der Waals surface area contributed by atoms with Crippen molar-refractivity contribution >= 4 is 24.8 Å². The summed E-state index contributed by atoms with van der Waals surface area (Å²) in [5.74, 6) is 0.473. The van der Waals surface area contributed by atoms with Gasteiger partial charge in [0.05, 0.1) is 17.7 Å². The minimum absolute atomic E-state index is 0.340. The minimum atomic E-state index is -0.347. The monoisotopic (exact) mass is 432 g/mol. The van der Waals surface area contributed by atoms with Gasteiger partial charge in [-0.1, -0.05) is 48.5 Å². The second-order valence-electron chi connectivity index (χ2n) is 9.52. The van der Waals surface area contributed by atoms with E-state index in [0.29, 0.717) is 5.84 Å². The SMILES string of the molecule is CC1(C)OB(c2ccc(-c3ccc(C(N)=NC=NCCN4CCC4)cc3)cc2)OC1(C)C. The number of hydrogen-bond acceptors (Lipinski definition) is 4. The van der Waals surface area contributed by atoms with Crippen LogP contribution in [0, 0.1) is 0 Å². The van der Waals surface area contributed by atoms with Crippen LogP contribution in [0.4, 0.5) is 0 Å². The van der Waals surface area contributed by atoms with E-state index in [1.165, 1.54) is 19.5 Å². The average molecular weight is 432 g/mol. The van der Waals surface area contributed by atoms with E-state index in [4.69, 9.17) is 15.0 Å². The molecule has 0 unspecified atom stereocenters. The van der Waals surface area contributed by atoms with E-state index < -0.39 is 0 Å². The topological polar surface area (TPSA) is 72.4 Å². The van der Waals surface area contributed by atoms with Crippen molar-refractivity contribution in [2.45, 2.75) is 45.3 Å². The van der Waals surface area contributed by atoms with Gasteiger partial charge in [-0.15, -0.1) is 0 Å². The van der Waals surface area contributed by atoms with Crippen LogP contribution in [-0.2, 0) is 9.31 Å². The Balaban J connectivity index is 1.36. The van der Waals surface area contributed by atoms with Crippen molar-refractivity contribution in [3.8, 4) is 11.1 Å². The van der Waals surface area contributed by atoms with Crippen LogP contribution in [0.15, 0.2) is 58.5 Å². The zero-order valence-electron chi connectivity index (χ0n) is 19.5. The van der Waals surface area contributed by atoms with E-state index in [1.807, 2.05) is 12.1 Å². The molecule has 2 N–H and O–H groups in total. The summed E-state index contributed by atoms with van der Waals surface area (Å²) in [5.41, 5.74) is 9.59. The van der Waals surface area contributed by atoms with Gasteiger partial charge in [0.15, 0.2) is 0 Å². The number of aliphatic imine (C=N–C) groups is 2. The molecule has 0 amide bonds.